The lowest BCUT2D eigenvalue weighted by Gasteiger charge is -2.20. The van der Waals surface area contributed by atoms with Crippen LogP contribution in [0.3, 0.4) is 0 Å². The van der Waals surface area contributed by atoms with Gasteiger partial charge in [-0.2, -0.15) is 0 Å². The second-order valence-electron chi connectivity index (χ2n) is 5.75. The average Bonchev–Trinajstić information content (AvgIpc) is 3.15. The predicted molar refractivity (Wildman–Crippen MR) is 75.4 cm³/mol. The summed E-state index contributed by atoms with van der Waals surface area (Å²) in [5.74, 6) is 0. The average molecular weight is 240 g/mol. The van der Waals surface area contributed by atoms with Crippen molar-refractivity contribution in [2.45, 2.75) is 39.3 Å². The zero-order valence-corrected chi connectivity index (χ0v) is 11.1. The Bertz CT molecular complexity index is 553. The van der Waals surface area contributed by atoms with Gasteiger partial charge in [-0.1, -0.05) is 31.2 Å². The topological polar surface area (TPSA) is 24.9 Å². The standard InChI is InChI=1S/C16H20N2/c1-12(16(2)8-9-16)18-11-14-6-3-5-13-7-4-10-17-15(13)14/h3-7,10,12,18H,8-9,11H2,1-2H3. The maximum absolute atomic E-state index is 4.50. The Morgan fingerprint density at radius 3 is 2.83 bits per heavy atom. The van der Waals surface area contributed by atoms with Crippen LogP contribution < -0.4 is 5.32 Å². The number of rotatable bonds is 4. The molecule has 1 saturated carbocycles. The third kappa shape index (κ3) is 2.13. The van der Waals surface area contributed by atoms with Crippen LogP contribution in [0.15, 0.2) is 36.5 Å². The van der Waals surface area contributed by atoms with E-state index in [4.69, 9.17) is 0 Å². The highest BCUT2D eigenvalue weighted by Crippen LogP contribution is 2.47. The van der Waals surface area contributed by atoms with E-state index in [1.165, 1.54) is 23.8 Å². The highest BCUT2D eigenvalue weighted by molar-refractivity contribution is 5.81. The fourth-order valence-corrected chi connectivity index (χ4v) is 2.45. The van der Waals surface area contributed by atoms with Crippen molar-refractivity contribution in [2.24, 2.45) is 5.41 Å². The number of benzene rings is 1. The first-order valence-corrected chi connectivity index (χ1v) is 6.75. The normalized spacial score (nSPS) is 18.8. The molecular formula is C16H20N2. The molecule has 0 amide bonds. The van der Waals surface area contributed by atoms with Gasteiger partial charge in [-0.25, -0.2) is 0 Å². The predicted octanol–water partition coefficient (Wildman–Crippen LogP) is 3.51. The van der Waals surface area contributed by atoms with Crippen molar-refractivity contribution < 1.29 is 0 Å². The molecule has 1 atom stereocenters. The summed E-state index contributed by atoms with van der Waals surface area (Å²) in [7, 11) is 0. The summed E-state index contributed by atoms with van der Waals surface area (Å²) in [6, 6.07) is 11.1. The molecule has 1 aliphatic rings. The molecule has 0 radical (unpaired) electrons. The van der Waals surface area contributed by atoms with Crippen molar-refractivity contribution in [3.63, 3.8) is 0 Å². The van der Waals surface area contributed by atoms with Crippen molar-refractivity contribution >= 4 is 10.9 Å². The van der Waals surface area contributed by atoms with Gasteiger partial charge in [0.25, 0.3) is 0 Å². The summed E-state index contributed by atoms with van der Waals surface area (Å²) in [5, 5.41) is 4.88. The molecule has 0 bridgehead atoms. The van der Waals surface area contributed by atoms with Crippen LogP contribution in [0.2, 0.25) is 0 Å². The van der Waals surface area contributed by atoms with Crippen molar-refractivity contribution in [3.8, 4) is 0 Å². The van der Waals surface area contributed by atoms with Gasteiger partial charge in [-0.3, -0.25) is 4.98 Å². The molecule has 2 heteroatoms. The molecule has 0 aliphatic heterocycles. The van der Waals surface area contributed by atoms with Crippen LogP contribution in [0.5, 0.6) is 0 Å². The molecule has 1 unspecified atom stereocenters. The molecular weight excluding hydrogens is 220 g/mol. The Hall–Kier alpha value is -1.41. The van der Waals surface area contributed by atoms with Crippen molar-refractivity contribution in [1.29, 1.82) is 0 Å². The van der Waals surface area contributed by atoms with E-state index in [0.29, 0.717) is 11.5 Å². The van der Waals surface area contributed by atoms with Gasteiger partial charge in [-0.05, 0) is 36.8 Å². The Balaban J connectivity index is 1.78. The van der Waals surface area contributed by atoms with E-state index < -0.39 is 0 Å². The SMILES string of the molecule is CC(NCc1cccc2cccnc12)C1(C)CC1. The molecule has 0 saturated heterocycles. The van der Waals surface area contributed by atoms with Crippen LogP contribution >= 0.6 is 0 Å². The highest BCUT2D eigenvalue weighted by atomic mass is 14.9. The van der Waals surface area contributed by atoms with Crippen LogP contribution in [0.1, 0.15) is 32.3 Å². The third-order valence-electron chi connectivity index (χ3n) is 4.40. The number of nitrogens with one attached hydrogen (secondary N) is 1. The largest absolute Gasteiger partial charge is 0.310 e. The van der Waals surface area contributed by atoms with Crippen LogP contribution in [0.25, 0.3) is 10.9 Å². The number of hydrogen-bond donors (Lipinski definition) is 1. The zero-order chi connectivity index (χ0) is 12.6. The zero-order valence-electron chi connectivity index (χ0n) is 11.1. The summed E-state index contributed by atoms with van der Waals surface area (Å²) in [5.41, 5.74) is 2.95. The molecule has 1 N–H and O–H groups in total. The summed E-state index contributed by atoms with van der Waals surface area (Å²) in [6.45, 7) is 5.57. The van der Waals surface area contributed by atoms with Crippen molar-refractivity contribution in [1.82, 2.24) is 10.3 Å². The number of nitrogens with zero attached hydrogens (tertiary/aromatic N) is 1. The first-order chi connectivity index (χ1) is 8.69. The molecule has 1 aromatic carbocycles. The summed E-state index contributed by atoms with van der Waals surface area (Å²) in [4.78, 5) is 4.50. The Morgan fingerprint density at radius 1 is 1.28 bits per heavy atom. The number of hydrogen-bond acceptors (Lipinski definition) is 2. The van der Waals surface area contributed by atoms with Gasteiger partial charge < -0.3 is 5.32 Å². The van der Waals surface area contributed by atoms with E-state index in [1.54, 1.807) is 0 Å². The van der Waals surface area contributed by atoms with E-state index in [-0.39, 0.29) is 0 Å². The third-order valence-corrected chi connectivity index (χ3v) is 4.40. The molecule has 2 aromatic rings. The molecule has 2 nitrogen and oxygen atoms in total. The maximum atomic E-state index is 4.50. The maximum Gasteiger partial charge on any atom is 0.0746 e. The molecule has 94 valence electrons. The van der Waals surface area contributed by atoms with Crippen molar-refractivity contribution in [3.05, 3.63) is 42.1 Å². The van der Waals surface area contributed by atoms with E-state index in [2.05, 4.69) is 48.4 Å². The van der Waals surface area contributed by atoms with Crippen LogP contribution in [-0.4, -0.2) is 11.0 Å². The van der Waals surface area contributed by atoms with Gasteiger partial charge in [-0.15, -0.1) is 0 Å². The molecule has 0 spiro atoms. The minimum atomic E-state index is 0.526. The van der Waals surface area contributed by atoms with Gasteiger partial charge in [0, 0.05) is 24.2 Å². The Morgan fingerprint density at radius 2 is 2.06 bits per heavy atom. The minimum Gasteiger partial charge on any atom is -0.310 e. The van der Waals surface area contributed by atoms with Gasteiger partial charge in [0.05, 0.1) is 5.52 Å². The number of para-hydroxylation sites is 1. The fourth-order valence-electron chi connectivity index (χ4n) is 2.45. The van der Waals surface area contributed by atoms with E-state index in [0.717, 1.165) is 12.1 Å². The van der Waals surface area contributed by atoms with Crippen molar-refractivity contribution in [2.75, 3.05) is 0 Å². The molecule has 1 aromatic heterocycles. The Kier molecular flexibility index (Phi) is 2.83. The second kappa shape index (κ2) is 4.36. The van der Waals surface area contributed by atoms with Gasteiger partial charge in [0.1, 0.15) is 0 Å². The van der Waals surface area contributed by atoms with Gasteiger partial charge in [0.15, 0.2) is 0 Å². The Labute approximate surface area is 108 Å². The summed E-state index contributed by atoms with van der Waals surface area (Å²) in [6.07, 6.45) is 4.58. The molecule has 1 heterocycles. The second-order valence-corrected chi connectivity index (χ2v) is 5.75. The molecule has 18 heavy (non-hydrogen) atoms. The van der Waals surface area contributed by atoms with Gasteiger partial charge >= 0.3 is 0 Å². The van der Waals surface area contributed by atoms with E-state index in [1.807, 2.05) is 12.3 Å². The van der Waals surface area contributed by atoms with Crippen LogP contribution in [0.4, 0.5) is 0 Å². The number of fused-ring (bicyclic) bond motifs is 1. The highest BCUT2D eigenvalue weighted by Gasteiger charge is 2.42. The monoisotopic (exact) mass is 240 g/mol. The van der Waals surface area contributed by atoms with Crippen LogP contribution in [-0.2, 0) is 6.54 Å². The minimum absolute atomic E-state index is 0.526. The lowest BCUT2D eigenvalue weighted by atomic mass is 10.0. The smallest absolute Gasteiger partial charge is 0.0746 e. The summed E-state index contributed by atoms with van der Waals surface area (Å²) < 4.78 is 0. The van der Waals surface area contributed by atoms with Crippen LogP contribution in [0, 0.1) is 5.41 Å². The van der Waals surface area contributed by atoms with E-state index in [9.17, 15) is 0 Å². The lowest BCUT2D eigenvalue weighted by Crippen LogP contribution is -2.32. The van der Waals surface area contributed by atoms with Gasteiger partial charge in [0.2, 0.25) is 0 Å². The first kappa shape index (κ1) is 11.7. The molecule has 1 aliphatic carbocycles. The quantitative estimate of drug-likeness (QED) is 0.884. The summed E-state index contributed by atoms with van der Waals surface area (Å²) >= 11 is 0. The molecule has 1 fully saturated rings. The first-order valence-electron chi connectivity index (χ1n) is 6.75. The lowest BCUT2D eigenvalue weighted by molar-refractivity contribution is 0.380. The fraction of sp³-hybridized carbons (Fsp3) is 0.438. The van der Waals surface area contributed by atoms with E-state index >= 15 is 0 Å². The number of pyridine rings is 1. The molecule has 3 rings (SSSR count). The number of aromatic nitrogens is 1.